The molecule has 0 bridgehead atoms. The van der Waals surface area contributed by atoms with Crippen molar-refractivity contribution in [2.45, 2.75) is 13.8 Å². The zero-order valence-corrected chi connectivity index (χ0v) is 12.1. The molecule has 6 heteroatoms. The lowest BCUT2D eigenvalue weighted by molar-refractivity contribution is -0.119. The molecule has 110 valence electrons. The summed E-state index contributed by atoms with van der Waals surface area (Å²) in [6, 6.07) is 5.00. The molecule has 0 aliphatic rings. The average Bonchev–Trinajstić information content (AvgIpc) is 2.36. The molecule has 0 heterocycles. The fourth-order valence-electron chi connectivity index (χ4n) is 1.78. The Balaban J connectivity index is 2.77. The summed E-state index contributed by atoms with van der Waals surface area (Å²) in [5.41, 5.74) is 12.3. The van der Waals surface area contributed by atoms with Crippen LogP contribution in [0.25, 0.3) is 0 Å². The molecule has 0 atom stereocenters. The number of nitrogens with one attached hydrogen (secondary N) is 1. The topological polar surface area (TPSA) is 101 Å². The van der Waals surface area contributed by atoms with E-state index < -0.39 is 5.91 Å². The molecule has 1 aromatic carbocycles. The second-order valence-corrected chi connectivity index (χ2v) is 5.16. The Labute approximate surface area is 119 Å². The number of rotatable bonds is 6. The number of nitrogens with two attached hydrogens (primary N) is 2. The van der Waals surface area contributed by atoms with Crippen LogP contribution in [0.5, 0.6) is 0 Å². The van der Waals surface area contributed by atoms with Crippen molar-refractivity contribution < 1.29 is 9.59 Å². The van der Waals surface area contributed by atoms with E-state index in [1.54, 1.807) is 30.1 Å². The van der Waals surface area contributed by atoms with E-state index in [4.69, 9.17) is 11.5 Å². The summed E-state index contributed by atoms with van der Waals surface area (Å²) in [6.07, 6.45) is 0. The van der Waals surface area contributed by atoms with E-state index in [1.807, 2.05) is 13.8 Å². The van der Waals surface area contributed by atoms with Gasteiger partial charge in [0.15, 0.2) is 0 Å². The van der Waals surface area contributed by atoms with Crippen LogP contribution in [0.1, 0.15) is 24.2 Å². The summed E-state index contributed by atoms with van der Waals surface area (Å²) in [4.78, 5) is 24.7. The van der Waals surface area contributed by atoms with E-state index in [0.717, 1.165) is 0 Å². The van der Waals surface area contributed by atoms with Gasteiger partial charge in [-0.05, 0) is 18.1 Å². The summed E-state index contributed by atoms with van der Waals surface area (Å²) >= 11 is 0. The van der Waals surface area contributed by atoms with E-state index in [2.05, 4.69) is 5.32 Å². The molecular formula is C14H22N4O2. The van der Waals surface area contributed by atoms with Crippen LogP contribution < -0.4 is 21.7 Å². The molecular weight excluding hydrogens is 256 g/mol. The molecule has 0 unspecified atom stereocenters. The molecule has 20 heavy (non-hydrogen) atoms. The van der Waals surface area contributed by atoms with Crippen molar-refractivity contribution in [3.8, 4) is 0 Å². The number of nitrogen functional groups attached to an aromatic ring is 1. The predicted molar refractivity (Wildman–Crippen MR) is 80.5 cm³/mol. The van der Waals surface area contributed by atoms with E-state index >= 15 is 0 Å². The molecule has 0 spiro atoms. The minimum atomic E-state index is -0.581. The fraction of sp³-hybridized carbons (Fsp3) is 0.429. The Kier molecular flexibility index (Phi) is 5.37. The fourth-order valence-corrected chi connectivity index (χ4v) is 1.78. The summed E-state index contributed by atoms with van der Waals surface area (Å²) in [6.45, 7) is 4.85. The van der Waals surface area contributed by atoms with Gasteiger partial charge in [-0.3, -0.25) is 9.59 Å². The number of hydrogen-bond acceptors (Lipinski definition) is 4. The Morgan fingerprint density at radius 2 is 2.00 bits per heavy atom. The molecule has 6 nitrogen and oxygen atoms in total. The lowest BCUT2D eigenvalue weighted by Gasteiger charge is -2.21. The first-order valence-corrected chi connectivity index (χ1v) is 6.49. The van der Waals surface area contributed by atoms with Crippen molar-refractivity contribution in [2.24, 2.45) is 11.7 Å². The molecule has 0 saturated heterocycles. The lowest BCUT2D eigenvalue weighted by atomic mass is 10.1. The Morgan fingerprint density at radius 3 is 2.55 bits per heavy atom. The molecule has 0 fully saturated rings. The van der Waals surface area contributed by atoms with Crippen LogP contribution in [-0.2, 0) is 4.79 Å². The van der Waals surface area contributed by atoms with Gasteiger partial charge in [-0.2, -0.15) is 0 Å². The third-order valence-corrected chi connectivity index (χ3v) is 2.85. The van der Waals surface area contributed by atoms with E-state index in [9.17, 15) is 9.59 Å². The van der Waals surface area contributed by atoms with Gasteiger partial charge in [-0.1, -0.05) is 19.9 Å². The van der Waals surface area contributed by atoms with Gasteiger partial charge in [0.25, 0.3) is 5.91 Å². The van der Waals surface area contributed by atoms with E-state index in [-0.39, 0.29) is 18.0 Å². The smallest absolute Gasteiger partial charge is 0.250 e. The van der Waals surface area contributed by atoms with E-state index in [0.29, 0.717) is 23.8 Å². The maximum atomic E-state index is 11.8. The number of primary amides is 1. The van der Waals surface area contributed by atoms with Crippen molar-refractivity contribution in [1.82, 2.24) is 5.32 Å². The number of amides is 2. The predicted octanol–water partition coefficient (Wildman–Crippen LogP) is 0.576. The highest BCUT2D eigenvalue weighted by Gasteiger charge is 2.14. The van der Waals surface area contributed by atoms with Crippen LogP contribution in [0.4, 0.5) is 11.4 Å². The molecule has 2 amide bonds. The molecule has 1 aromatic rings. The zero-order valence-electron chi connectivity index (χ0n) is 12.1. The van der Waals surface area contributed by atoms with Crippen LogP contribution in [-0.4, -0.2) is 32.0 Å². The SMILES string of the molecule is CC(C)CNC(=O)CN(C)c1cccc(C(N)=O)c1N. The standard InChI is InChI=1S/C14H22N4O2/c1-9(2)7-17-12(19)8-18(3)11-6-4-5-10(13(11)15)14(16)20/h4-6,9H,7-8,15H2,1-3H3,(H2,16,20)(H,17,19). The second kappa shape index (κ2) is 6.79. The van der Waals surface area contributed by atoms with Crippen molar-refractivity contribution in [3.05, 3.63) is 23.8 Å². The lowest BCUT2D eigenvalue weighted by Crippen LogP contribution is -2.37. The Hall–Kier alpha value is -2.24. The van der Waals surface area contributed by atoms with Crippen molar-refractivity contribution in [1.29, 1.82) is 0 Å². The van der Waals surface area contributed by atoms with Crippen LogP contribution in [0.3, 0.4) is 0 Å². The van der Waals surface area contributed by atoms with Gasteiger partial charge in [0.1, 0.15) is 0 Å². The highest BCUT2D eigenvalue weighted by Crippen LogP contribution is 2.25. The number of nitrogens with zero attached hydrogens (tertiary/aromatic N) is 1. The molecule has 0 saturated carbocycles. The maximum Gasteiger partial charge on any atom is 0.250 e. The van der Waals surface area contributed by atoms with Gasteiger partial charge < -0.3 is 21.7 Å². The average molecular weight is 278 g/mol. The van der Waals surface area contributed by atoms with Crippen LogP contribution >= 0.6 is 0 Å². The van der Waals surface area contributed by atoms with Gasteiger partial charge in [0.2, 0.25) is 5.91 Å². The molecule has 1 rings (SSSR count). The highest BCUT2D eigenvalue weighted by molar-refractivity contribution is 6.01. The monoisotopic (exact) mass is 278 g/mol. The zero-order chi connectivity index (χ0) is 15.3. The molecule has 0 aromatic heterocycles. The minimum absolute atomic E-state index is 0.0925. The summed E-state index contributed by atoms with van der Waals surface area (Å²) in [7, 11) is 1.74. The van der Waals surface area contributed by atoms with Gasteiger partial charge >= 0.3 is 0 Å². The number of benzene rings is 1. The first-order valence-electron chi connectivity index (χ1n) is 6.49. The van der Waals surface area contributed by atoms with Crippen LogP contribution in [0.2, 0.25) is 0 Å². The maximum absolute atomic E-state index is 11.8. The number of likely N-dealkylation sites (N-methyl/N-ethyl adjacent to an activating group) is 1. The largest absolute Gasteiger partial charge is 0.396 e. The summed E-state index contributed by atoms with van der Waals surface area (Å²) in [5.74, 6) is -0.278. The Morgan fingerprint density at radius 1 is 1.35 bits per heavy atom. The number of hydrogen-bond donors (Lipinski definition) is 3. The third-order valence-electron chi connectivity index (χ3n) is 2.85. The molecule has 5 N–H and O–H groups in total. The first-order chi connectivity index (χ1) is 9.32. The van der Waals surface area contributed by atoms with Gasteiger partial charge in [-0.15, -0.1) is 0 Å². The van der Waals surface area contributed by atoms with E-state index in [1.165, 1.54) is 0 Å². The quantitative estimate of drug-likeness (QED) is 0.662. The number of carbonyl (C=O) groups is 2. The van der Waals surface area contributed by atoms with Crippen molar-refractivity contribution in [3.63, 3.8) is 0 Å². The third kappa shape index (κ3) is 4.15. The highest BCUT2D eigenvalue weighted by atomic mass is 16.2. The normalized spacial score (nSPS) is 10.4. The van der Waals surface area contributed by atoms with Crippen molar-refractivity contribution in [2.75, 3.05) is 30.8 Å². The first kappa shape index (κ1) is 15.8. The Bertz CT molecular complexity index is 500. The van der Waals surface area contributed by atoms with Gasteiger partial charge in [0.05, 0.1) is 23.5 Å². The van der Waals surface area contributed by atoms with Gasteiger partial charge in [-0.25, -0.2) is 0 Å². The molecule has 0 aliphatic carbocycles. The summed E-state index contributed by atoms with van der Waals surface area (Å²) < 4.78 is 0. The molecule has 0 radical (unpaired) electrons. The van der Waals surface area contributed by atoms with Crippen LogP contribution in [0, 0.1) is 5.92 Å². The molecule has 0 aliphatic heterocycles. The number of anilines is 2. The van der Waals surface area contributed by atoms with Crippen LogP contribution in [0.15, 0.2) is 18.2 Å². The van der Waals surface area contributed by atoms with Crippen molar-refractivity contribution >= 4 is 23.2 Å². The summed E-state index contributed by atoms with van der Waals surface area (Å²) in [5, 5.41) is 2.83. The minimum Gasteiger partial charge on any atom is -0.396 e. The number of para-hydroxylation sites is 1. The number of carbonyl (C=O) groups excluding carboxylic acids is 2. The second-order valence-electron chi connectivity index (χ2n) is 5.16. The van der Waals surface area contributed by atoms with Gasteiger partial charge in [0, 0.05) is 13.6 Å².